The first-order valence-corrected chi connectivity index (χ1v) is 8.43. The number of nitrogens with zero attached hydrogens (tertiary/aromatic N) is 1. The summed E-state index contributed by atoms with van der Waals surface area (Å²) in [5.74, 6) is -0.0675. The molecule has 7 heteroatoms. The lowest BCUT2D eigenvalue weighted by atomic mass is 10.1. The maximum atomic E-state index is 11.3. The molecular weight excluding hydrogens is 375 g/mol. The van der Waals surface area contributed by atoms with Crippen molar-refractivity contribution in [2.75, 3.05) is 0 Å². The maximum Gasteiger partial charge on any atom is 0.336 e. The van der Waals surface area contributed by atoms with Crippen molar-refractivity contribution in [3.05, 3.63) is 81.5 Å². The van der Waals surface area contributed by atoms with Crippen LogP contribution in [0.5, 0.6) is 0 Å². The van der Waals surface area contributed by atoms with Crippen LogP contribution in [0.3, 0.4) is 0 Å². The Hall–Kier alpha value is -2.76. The third kappa shape index (κ3) is 4.07. The zero-order valence-electron chi connectivity index (χ0n) is 13.4. The zero-order valence-corrected chi connectivity index (χ0v) is 15.0. The predicted molar refractivity (Wildman–Crippen MR) is 102 cm³/mol. The lowest BCUT2D eigenvalue weighted by Gasteiger charge is -2.05. The standard InChI is InChI=1S/C19H14Cl2N2O3/c20-16-6-3-7-17(21)15(16)11-23-22-10-12-8-9-18(26-12)13-4-1-2-5-14(13)19(24)25/h1-10,23H,11H2,(H,24,25)/b22-10+. The Morgan fingerprint density at radius 2 is 1.81 bits per heavy atom. The normalized spacial score (nSPS) is 11.0. The Bertz CT molecular complexity index is 947. The van der Waals surface area contributed by atoms with Gasteiger partial charge in [0.05, 0.1) is 18.3 Å². The van der Waals surface area contributed by atoms with E-state index < -0.39 is 5.97 Å². The quantitative estimate of drug-likeness (QED) is 0.456. The van der Waals surface area contributed by atoms with Crippen LogP contribution in [-0.2, 0) is 6.54 Å². The number of halogens is 2. The number of nitrogens with one attached hydrogen (secondary N) is 1. The van der Waals surface area contributed by atoms with E-state index in [1.54, 1.807) is 48.5 Å². The number of carboxylic acids is 1. The first-order valence-electron chi connectivity index (χ1n) is 7.67. The fraction of sp³-hybridized carbons (Fsp3) is 0.0526. The molecule has 0 aliphatic heterocycles. The van der Waals surface area contributed by atoms with Crippen LogP contribution in [0, 0.1) is 0 Å². The number of rotatable bonds is 6. The van der Waals surface area contributed by atoms with Gasteiger partial charge in [0.2, 0.25) is 0 Å². The Morgan fingerprint density at radius 1 is 1.08 bits per heavy atom. The van der Waals surface area contributed by atoms with Crippen molar-refractivity contribution >= 4 is 35.4 Å². The van der Waals surface area contributed by atoms with Gasteiger partial charge in [0.1, 0.15) is 11.5 Å². The molecule has 5 nitrogen and oxygen atoms in total. The van der Waals surface area contributed by atoms with E-state index in [1.165, 1.54) is 12.3 Å². The smallest absolute Gasteiger partial charge is 0.336 e. The number of carbonyl (C=O) groups is 1. The average Bonchev–Trinajstić information content (AvgIpc) is 3.09. The lowest BCUT2D eigenvalue weighted by molar-refractivity contribution is 0.0697. The summed E-state index contributed by atoms with van der Waals surface area (Å²) in [5, 5.41) is 14.5. The van der Waals surface area contributed by atoms with Crippen LogP contribution < -0.4 is 5.43 Å². The molecule has 26 heavy (non-hydrogen) atoms. The molecule has 0 amide bonds. The van der Waals surface area contributed by atoms with Gasteiger partial charge >= 0.3 is 5.97 Å². The summed E-state index contributed by atoms with van der Waals surface area (Å²) in [5.41, 5.74) is 4.30. The molecule has 132 valence electrons. The van der Waals surface area contributed by atoms with E-state index in [0.717, 1.165) is 5.56 Å². The molecule has 0 unspecified atom stereocenters. The highest BCUT2D eigenvalue weighted by Gasteiger charge is 2.13. The highest BCUT2D eigenvalue weighted by molar-refractivity contribution is 6.35. The second-order valence-electron chi connectivity index (χ2n) is 5.35. The second kappa shape index (κ2) is 8.08. The van der Waals surface area contributed by atoms with Crippen LogP contribution in [-0.4, -0.2) is 17.3 Å². The van der Waals surface area contributed by atoms with Crippen molar-refractivity contribution in [2.45, 2.75) is 6.54 Å². The van der Waals surface area contributed by atoms with Gasteiger partial charge in [-0.2, -0.15) is 5.10 Å². The Labute approximate surface area is 159 Å². The van der Waals surface area contributed by atoms with Crippen molar-refractivity contribution in [3.8, 4) is 11.3 Å². The van der Waals surface area contributed by atoms with Gasteiger partial charge in [-0.25, -0.2) is 4.79 Å². The molecule has 0 saturated heterocycles. The molecule has 2 aromatic carbocycles. The molecule has 0 aliphatic rings. The molecule has 3 aromatic rings. The summed E-state index contributed by atoms with van der Waals surface area (Å²) in [4.78, 5) is 11.3. The molecule has 0 atom stereocenters. The SMILES string of the molecule is O=C(O)c1ccccc1-c1ccc(/C=N/NCc2c(Cl)cccc2Cl)o1. The van der Waals surface area contributed by atoms with Gasteiger partial charge in [-0.1, -0.05) is 47.5 Å². The number of hydrogen-bond donors (Lipinski definition) is 2. The largest absolute Gasteiger partial charge is 0.478 e. The Morgan fingerprint density at radius 3 is 2.54 bits per heavy atom. The average molecular weight is 389 g/mol. The number of aromatic carboxylic acids is 1. The van der Waals surface area contributed by atoms with E-state index in [4.69, 9.17) is 27.6 Å². The summed E-state index contributed by atoms with van der Waals surface area (Å²) >= 11 is 12.2. The van der Waals surface area contributed by atoms with Gasteiger partial charge in [0.15, 0.2) is 0 Å². The molecule has 1 heterocycles. The van der Waals surface area contributed by atoms with Crippen molar-refractivity contribution < 1.29 is 14.3 Å². The Balaban J connectivity index is 1.69. The van der Waals surface area contributed by atoms with Crippen molar-refractivity contribution in [2.24, 2.45) is 5.10 Å². The highest BCUT2D eigenvalue weighted by atomic mass is 35.5. The minimum atomic E-state index is -1.01. The lowest BCUT2D eigenvalue weighted by Crippen LogP contribution is -2.06. The molecule has 1 aromatic heterocycles. The van der Waals surface area contributed by atoms with Gasteiger partial charge in [0, 0.05) is 21.2 Å². The van der Waals surface area contributed by atoms with E-state index in [2.05, 4.69) is 10.5 Å². The highest BCUT2D eigenvalue weighted by Crippen LogP contribution is 2.26. The zero-order chi connectivity index (χ0) is 18.5. The van der Waals surface area contributed by atoms with Crippen molar-refractivity contribution in [1.29, 1.82) is 0 Å². The van der Waals surface area contributed by atoms with Gasteiger partial charge in [-0.3, -0.25) is 0 Å². The summed E-state index contributed by atoms with van der Waals surface area (Å²) in [6.45, 7) is 0.365. The van der Waals surface area contributed by atoms with Crippen molar-refractivity contribution in [3.63, 3.8) is 0 Å². The van der Waals surface area contributed by atoms with Crippen LogP contribution in [0.15, 0.2) is 64.1 Å². The number of hydrazone groups is 1. The molecule has 0 aliphatic carbocycles. The maximum absolute atomic E-state index is 11.3. The molecule has 0 saturated carbocycles. The number of furan rings is 1. The summed E-state index contributed by atoms with van der Waals surface area (Å²) < 4.78 is 5.66. The molecule has 0 fully saturated rings. The van der Waals surface area contributed by atoms with Gasteiger partial charge in [-0.05, 0) is 30.3 Å². The first kappa shape index (κ1) is 18.0. The monoisotopic (exact) mass is 388 g/mol. The van der Waals surface area contributed by atoms with Crippen LogP contribution >= 0.6 is 23.2 Å². The van der Waals surface area contributed by atoms with E-state index in [0.29, 0.717) is 33.7 Å². The number of hydrogen-bond acceptors (Lipinski definition) is 4. The number of carboxylic acid groups (broad SMARTS) is 1. The third-order valence-corrected chi connectivity index (χ3v) is 4.36. The second-order valence-corrected chi connectivity index (χ2v) is 6.16. The summed E-state index contributed by atoms with van der Waals surface area (Å²) in [6.07, 6.45) is 1.50. The molecule has 0 spiro atoms. The summed E-state index contributed by atoms with van der Waals surface area (Å²) in [7, 11) is 0. The minimum absolute atomic E-state index is 0.178. The van der Waals surface area contributed by atoms with Crippen LogP contribution in [0.4, 0.5) is 0 Å². The van der Waals surface area contributed by atoms with Gasteiger partial charge in [-0.15, -0.1) is 0 Å². The minimum Gasteiger partial charge on any atom is -0.478 e. The molecular formula is C19H14Cl2N2O3. The van der Waals surface area contributed by atoms with E-state index in [9.17, 15) is 9.90 Å². The first-order chi connectivity index (χ1) is 12.6. The van der Waals surface area contributed by atoms with Gasteiger partial charge in [0.25, 0.3) is 0 Å². The molecule has 2 N–H and O–H groups in total. The van der Waals surface area contributed by atoms with E-state index in [1.807, 2.05) is 0 Å². The van der Waals surface area contributed by atoms with Crippen molar-refractivity contribution in [1.82, 2.24) is 5.43 Å². The summed E-state index contributed by atoms with van der Waals surface area (Å²) in [6, 6.07) is 15.4. The third-order valence-electron chi connectivity index (χ3n) is 3.65. The fourth-order valence-electron chi connectivity index (χ4n) is 2.39. The number of benzene rings is 2. The fourth-order valence-corrected chi connectivity index (χ4v) is 2.92. The predicted octanol–water partition coefficient (Wildman–Crippen LogP) is 5.08. The van der Waals surface area contributed by atoms with E-state index in [-0.39, 0.29) is 5.56 Å². The van der Waals surface area contributed by atoms with Crippen LogP contribution in [0.2, 0.25) is 10.0 Å². The molecule has 0 bridgehead atoms. The van der Waals surface area contributed by atoms with Crippen LogP contribution in [0.1, 0.15) is 21.7 Å². The Kier molecular flexibility index (Phi) is 5.61. The topological polar surface area (TPSA) is 74.8 Å². The van der Waals surface area contributed by atoms with Crippen LogP contribution in [0.25, 0.3) is 11.3 Å². The molecule has 0 radical (unpaired) electrons. The van der Waals surface area contributed by atoms with E-state index >= 15 is 0 Å². The van der Waals surface area contributed by atoms with Gasteiger partial charge < -0.3 is 14.9 Å². The molecule has 3 rings (SSSR count).